The van der Waals surface area contributed by atoms with E-state index in [9.17, 15) is 4.79 Å². The standard InChI is InChI=1S/C22H23ClN4O/c1-16-20(21(23)27(25-16)19-10-6-3-7-11-19)22(28)24-18-12-13-26(15-18)14-17-8-4-2-5-9-17/h2-11,18H,12-15H2,1H3,(H,24,28). The lowest BCUT2D eigenvalue weighted by Gasteiger charge is -2.16. The smallest absolute Gasteiger partial charge is 0.256 e. The number of aromatic nitrogens is 2. The van der Waals surface area contributed by atoms with Gasteiger partial charge >= 0.3 is 0 Å². The van der Waals surface area contributed by atoms with Crippen molar-refractivity contribution in [1.29, 1.82) is 0 Å². The van der Waals surface area contributed by atoms with E-state index in [4.69, 9.17) is 11.6 Å². The van der Waals surface area contributed by atoms with Gasteiger partial charge in [-0.3, -0.25) is 9.69 Å². The lowest BCUT2D eigenvalue weighted by molar-refractivity contribution is 0.0937. The highest BCUT2D eigenvalue weighted by molar-refractivity contribution is 6.33. The van der Waals surface area contributed by atoms with Crippen molar-refractivity contribution in [2.24, 2.45) is 0 Å². The van der Waals surface area contributed by atoms with Crippen LogP contribution in [0.1, 0.15) is 28.0 Å². The average Bonchev–Trinajstić information content (AvgIpc) is 3.26. The summed E-state index contributed by atoms with van der Waals surface area (Å²) < 4.78 is 1.61. The number of benzene rings is 2. The third-order valence-electron chi connectivity index (χ3n) is 5.09. The Bertz CT molecular complexity index is 955. The van der Waals surface area contributed by atoms with E-state index in [-0.39, 0.29) is 11.9 Å². The highest BCUT2D eigenvalue weighted by Crippen LogP contribution is 2.24. The van der Waals surface area contributed by atoms with Crippen molar-refractivity contribution in [2.75, 3.05) is 13.1 Å². The van der Waals surface area contributed by atoms with Crippen LogP contribution < -0.4 is 5.32 Å². The minimum atomic E-state index is -0.156. The first-order valence-corrected chi connectivity index (χ1v) is 9.87. The summed E-state index contributed by atoms with van der Waals surface area (Å²) in [6.45, 7) is 4.52. The van der Waals surface area contributed by atoms with Gasteiger partial charge in [-0.15, -0.1) is 0 Å². The summed E-state index contributed by atoms with van der Waals surface area (Å²) in [5.74, 6) is -0.156. The quantitative estimate of drug-likeness (QED) is 0.715. The van der Waals surface area contributed by atoms with Gasteiger partial charge in [-0.2, -0.15) is 5.10 Å². The molecular weight excluding hydrogens is 372 g/mol. The van der Waals surface area contributed by atoms with E-state index in [1.54, 1.807) is 4.68 Å². The first-order valence-electron chi connectivity index (χ1n) is 9.49. The lowest BCUT2D eigenvalue weighted by atomic mass is 10.2. The van der Waals surface area contributed by atoms with Crippen LogP contribution in [0.15, 0.2) is 60.7 Å². The normalized spacial score (nSPS) is 17.0. The van der Waals surface area contributed by atoms with Gasteiger partial charge in [-0.05, 0) is 31.0 Å². The van der Waals surface area contributed by atoms with E-state index >= 15 is 0 Å². The molecule has 0 spiro atoms. The Morgan fingerprint density at radius 2 is 1.82 bits per heavy atom. The SMILES string of the molecule is Cc1nn(-c2ccccc2)c(Cl)c1C(=O)NC1CCN(Cc2ccccc2)C1. The zero-order valence-corrected chi connectivity index (χ0v) is 16.6. The summed E-state index contributed by atoms with van der Waals surface area (Å²) in [7, 11) is 0. The van der Waals surface area contributed by atoms with Gasteiger partial charge in [-0.25, -0.2) is 4.68 Å². The molecule has 4 rings (SSSR count). The minimum absolute atomic E-state index is 0.117. The van der Waals surface area contributed by atoms with E-state index in [0.717, 1.165) is 31.7 Å². The van der Waals surface area contributed by atoms with Crippen molar-refractivity contribution in [3.05, 3.63) is 82.6 Å². The number of aryl methyl sites for hydroxylation is 1. The van der Waals surface area contributed by atoms with Crippen LogP contribution in [-0.4, -0.2) is 39.7 Å². The molecule has 28 heavy (non-hydrogen) atoms. The Balaban J connectivity index is 1.43. The molecule has 2 aromatic carbocycles. The average molecular weight is 395 g/mol. The molecular formula is C22H23ClN4O. The Labute approximate surface area is 169 Å². The fourth-order valence-corrected chi connectivity index (χ4v) is 4.05. The Morgan fingerprint density at radius 1 is 1.14 bits per heavy atom. The fraction of sp³-hybridized carbons (Fsp3) is 0.273. The molecule has 1 amide bonds. The summed E-state index contributed by atoms with van der Waals surface area (Å²) in [5, 5.41) is 7.95. The van der Waals surface area contributed by atoms with E-state index in [0.29, 0.717) is 16.4 Å². The minimum Gasteiger partial charge on any atom is -0.348 e. The number of hydrogen-bond donors (Lipinski definition) is 1. The summed E-state index contributed by atoms with van der Waals surface area (Å²) in [6, 6.07) is 20.1. The Hall–Kier alpha value is -2.63. The highest BCUT2D eigenvalue weighted by Gasteiger charge is 2.27. The van der Waals surface area contributed by atoms with Crippen LogP contribution in [0.2, 0.25) is 5.15 Å². The second-order valence-corrected chi connectivity index (χ2v) is 7.54. The molecule has 3 aromatic rings. The predicted molar refractivity (Wildman–Crippen MR) is 111 cm³/mol. The van der Waals surface area contributed by atoms with Crippen molar-refractivity contribution >= 4 is 17.5 Å². The number of hydrogen-bond acceptors (Lipinski definition) is 3. The first kappa shape index (κ1) is 18.7. The highest BCUT2D eigenvalue weighted by atomic mass is 35.5. The van der Waals surface area contributed by atoms with Gasteiger partial charge in [0.15, 0.2) is 0 Å². The first-order chi connectivity index (χ1) is 13.6. The number of rotatable bonds is 5. The summed E-state index contributed by atoms with van der Waals surface area (Å²) >= 11 is 6.51. The second-order valence-electron chi connectivity index (χ2n) is 7.18. The number of likely N-dealkylation sites (tertiary alicyclic amines) is 1. The molecule has 1 atom stereocenters. The molecule has 6 heteroatoms. The van der Waals surface area contributed by atoms with Crippen LogP contribution >= 0.6 is 11.6 Å². The molecule has 2 heterocycles. The number of nitrogens with one attached hydrogen (secondary N) is 1. The van der Waals surface area contributed by atoms with Crippen molar-refractivity contribution in [1.82, 2.24) is 20.0 Å². The molecule has 1 fully saturated rings. The van der Waals surface area contributed by atoms with E-state index in [1.165, 1.54) is 5.56 Å². The predicted octanol–water partition coefficient (Wildman–Crippen LogP) is 3.84. The fourth-order valence-electron chi connectivity index (χ4n) is 3.69. The molecule has 1 saturated heterocycles. The van der Waals surface area contributed by atoms with Crippen LogP contribution in [0.25, 0.3) is 5.69 Å². The van der Waals surface area contributed by atoms with Gasteiger partial charge in [0, 0.05) is 25.7 Å². The van der Waals surface area contributed by atoms with E-state index in [2.05, 4.69) is 39.6 Å². The summed E-state index contributed by atoms with van der Waals surface area (Å²) in [4.78, 5) is 15.2. The maximum atomic E-state index is 12.9. The summed E-state index contributed by atoms with van der Waals surface area (Å²) in [5.41, 5.74) is 3.21. The largest absolute Gasteiger partial charge is 0.348 e. The molecule has 144 valence electrons. The second kappa shape index (κ2) is 8.17. The summed E-state index contributed by atoms with van der Waals surface area (Å²) in [6.07, 6.45) is 0.933. The number of amides is 1. The molecule has 1 unspecified atom stereocenters. The third-order valence-corrected chi connectivity index (χ3v) is 5.44. The maximum Gasteiger partial charge on any atom is 0.256 e. The monoisotopic (exact) mass is 394 g/mol. The van der Waals surface area contributed by atoms with E-state index < -0.39 is 0 Å². The van der Waals surface area contributed by atoms with Crippen LogP contribution in [0.3, 0.4) is 0 Å². The van der Waals surface area contributed by atoms with Crippen LogP contribution in [0.4, 0.5) is 0 Å². The van der Waals surface area contributed by atoms with Crippen molar-refractivity contribution in [3.63, 3.8) is 0 Å². The molecule has 5 nitrogen and oxygen atoms in total. The van der Waals surface area contributed by atoms with Crippen molar-refractivity contribution in [3.8, 4) is 5.69 Å². The molecule has 1 aliphatic rings. The van der Waals surface area contributed by atoms with Crippen LogP contribution in [-0.2, 0) is 6.54 Å². The van der Waals surface area contributed by atoms with E-state index in [1.807, 2.05) is 43.3 Å². The molecule has 0 saturated carbocycles. The Kier molecular flexibility index (Phi) is 5.46. The number of carbonyl (C=O) groups is 1. The molecule has 0 aliphatic carbocycles. The van der Waals surface area contributed by atoms with Gasteiger partial charge in [0.05, 0.1) is 16.9 Å². The van der Waals surface area contributed by atoms with Gasteiger partial charge in [-0.1, -0.05) is 60.1 Å². The number of halogens is 1. The zero-order chi connectivity index (χ0) is 19.5. The van der Waals surface area contributed by atoms with Crippen molar-refractivity contribution in [2.45, 2.75) is 25.9 Å². The van der Waals surface area contributed by atoms with Crippen LogP contribution in [0, 0.1) is 6.92 Å². The van der Waals surface area contributed by atoms with Gasteiger partial charge < -0.3 is 5.32 Å². The zero-order valence-electron chi connectivity index (χ0n) is 15.8. The molecule has 0 radical (unpaired) electrons. The van der Waals surface area contributed by atoms with Crippen LogP contribution in [0.5, 0.6) is 0 Å². The topological polar surface area (TPSA) is 50.2 Å². The van der Waals surface area contributed by atoms with Gasteiger partial charge in [0.1, 0.15) is 5.15 Å². The number of nitrogens with zero attached hydrogens (tertiary/aromatic N) is 3. The van der Waals surface area contributed by atoms with Gasteiger partial charge in [0.25, 0.3) is 5.91 Å². The van der Waals surface area contributed by atoms with Gasteiger partial charge in [0.2, 0.25) is 0 Å². The molecule has 1 aromatic heterocycles. The molecule has 0 bridgehead atoms. The third kappa shape index (κ3) is 3.96. The molecule has 1 N–H and O–H groups in total. The number of carbonyl (C=O) groups excluding carboxylic acids is 1. The molecule has 1 aliphatic heterocycles. The Morgan fingerprint density at radius 3 is 2.54 bits per heavy atom. The van der Waals surface area contributed by atoms with Crippen molar-refractivity contribution < 1.29 is 4.79 Å². The maximum absolute atomic E-state index is 12.9. The number of para-hydroxylation sites is 1. The lowest BCUT2D eigenvalue weighted by Crippen LogP contribution is -2.37.